The fourth-order valence-corrected chi connectivity index (χ4v) is 2.64. The number of esters is 1. The molecule has 2 N–H and O–H groups in total. The zero-order chi connectivity index (χ0) is 19.6. The molecule has 0 spiro atoms. The predicted octanol–water partition coefficient (Wildman–Crippen LogP) is 2.61. The van der Waals surface area contributed by atoms with Gasteiger partial charge in [0.25, 0.3) is 5.91 Å². The van der Waals surface area contributed by atoms with Crippen molar-refractivity contribution in [2.45, 2.75) is 26.9 Å². The molecule has 2 heterocycles. The number of carbonyl (C=O) groups excluding carboxylic acids is 2. The molecule has 2 aromatic heterocycles. The highest BCUT2D eigenvalue weighted by atomic mass is 16.5. The van der Waals surface area contributed by atoms with Crippen molar-refractivity contribution >= 4 is 17.6 Å². The van der Waals surface area contributed by atoms with Gasteiger partial charge in [-0.3, -0.25) is 14.6 Å². The standard InChI is InChI=1S/C19H21N5O3/c1-11-17(12(2)24(4)23-11)20-18(25)13(3)27-19(26)16-10-15(21-22-16)14-8-6-5-7-9-14/h5-10,13H,1-4H3,(H,20,25)(H,21,22)/t13-/m0/s1. The molecule has 3 rings (SSSR count). The Morgan fingerprint density at radius 1 is 1.22 bits per heavy atom. The van der Waals surface area contributed by atoms with E-state index in [0.29, 0.717) is 17.1 Å². The maximum absolute atomic E-state index is 12.4. The lowest BCUT2D eigenvalue weighted by Gasteiger charge is -2.13. The molecular weight excluding hydrogens is 346 g/mol. The van der Waals surface area contributed by atoms with Gasteiger partial charge < -0.3 is 10.1 Å². The molecule has 140 valence electrons. The Morgan fingerprint density at radius 2 is 1.93 bits per heavy atom. The molecule has 0 aliphatic rings. The Balaban J connectivity index is 1.65. The van der Waals surface area contributed by atoms with Gasteiger partial charge in [0, 0.05) is 12.6 Å². The lowest BCUT2D eigenvalue weighted by atomic mass is 10.1. The molecule has 0 saturated carbocycles. The number of aryl methyl sites for hydroxylation is 2. The number of rotatable bonds is 5. The van der Waals surface area contributed by atoms with Crippen LogP contribution in [0.1, 0.15) is 28.8 Å². The zero-order valence-corrected chi connectivity index (χ0v) is 15.6. The maximum Gasteiger partial charge on any atom is 0.357 e. The Hall–Kier alpha value is -3.42. The number of benzene rings is 1. The van der Waals surface area contributed by atoms with Crippen molar-refractivity contribution in [2.75, 3.05) is 5.32 Å². The molecule has 1 atom stereocenters. The molecule has 27 heavy (non-hydrogen) atoms. The Morgan fingerprint density at radius 3 is 2.56 bits per heavy atom. The SMILES string of the molecule is Cc1nn(C)c(C)c1NC(=O)[C@H](C)OC(=O)c1cc(-c2ccccc2)n[nH]1. The molecule has 0 bridgehead atoms. The summed E-state index contributed by atoms with van der Waals surface area (Å²) in [6, 6.07) is 11.0. The lowest BCUT2D eigenvalue weighted by molar-refractivity contribution is -0.123. The second-order valence-corrected chi connectivity index (χ2v) is 6.24. The minimum atomic E-state index is -0.972. The molecule has 8 heteroatoms. The van der Waals surface area contributed by atoms with Gasteiger partial charge in [0.1, 0.15) is 5.69 Å². The number of carbonyl (C=O) groups is 2. The summed E-state index contributed by atoms with van der Waals surface area (Å²) in [4.78, 5) is 24.7. The molecule has 0 fully saturated rings. The molecule has 1 aromatic carbocycles. The Kier molecular flexibility index (Phi) is 5.07. The summed E-state index contributed by atoms with van der Waals surface area (Å²) < 4.78 is 6.93. The van der Waals surface area contributed by atoms with E-state index in [1.807, 2.05) is 37.3 Å². The molecule has 0 aliphatic heterocycles. The number of amides is 1. The van der Waals surface area contributed by atoms with Crippen molar-refractivity contribution < 1.29 is 14.3 Å². The molecular formula is C19H21N5O3. The van der Waals surface area contributed by atoms with Crippen LogP contribution < -0.4 is 5.32 Å². The van der Waals surface area contributed by atoms with Crippen molar-refractivity contribution in [3.8, 4) is 11.3 Å². The third kappa shape index (κ3) is 3.89. The number of hydrogen-bond donors (Lipinski definition) is 2. The van der Waals surface area contributed by atoms with E-state index in [2.05, 4.69) is 20.6 Å². The summed E-state index contributed by atoms with van der Waals surface area (Å²) in [7, 11) is 1.80. The summed E-state index contributed by atoms with van der Waals surface area (Å²) in [5, 5.41) is 13.8. The molecule has 0 aliphatic carbocycles. The number of hydrogen-bond acceptors (Lipinski definition) is 5. The first-order valence-corrected chi connectivity index (χ1v) is 8.49. The van der Waals surface area contributed by atoms with Crippen LogP contribution in [0.4, 0.5) is 5.69 Å². The van der Waals surface area contributed by atoms with E-state index in [4.69, 9.17) is 4.74 Å². The van der Waals surface area contributed by atoms with Crippen molar-refractivity contribution in [3.63, 3.8) is 0 Å². The summed E-state index contributed by atoms with van der Waals surface area (Å²) in [6.07, 6.45) is -0.972. The van der Waals surface area contributed by atoms with Crippen LogP contribution in [0.3, 0.4) is 0 Å². The van der Waals surface area contributed by atoms with Crippen molar-refractivity contribution in [1.82, 2.24) is 20.0 Å². The van der Waals surface area contributed by atoms with Gasteiger partial charge in [-0.1, -0.05) is 30.3 Å². The van der Waals surface area contributed by atoms with E-state index in [-0.39, 0.29) is 5.69 Å². The van der Waals surface area contributed by atoms with Crippen molar-refractivity contribution in [1.29, 1.82) is 0 Å². The van der Waals surface area contributed by atoms with Crippen LogP contribution in [0.25, 0.3) is 11.3 Å². The number of nitrogens with one attached hydrogen (secondary N) is 2. The highest BCUT2D eigenvalue weighted by Crippen LogP contribution is 2.20. The normalized spacial score (nSPS) is 11.9. The van der Waals surface area contributed by atoms with Gasteiger partial charge in [-0.25, -0.2) is 4.79 Å². The largest absolute Gasteiger partial charge is 0.448 e. The van der Waals surface area contributed by atoms with Crippen molar-refractivity contribution in [3.05, 3.63) is 53.5 Å². The number of ether oxygens (including phenoxy) is 1. The second kappa shape index (κ2) is 7.45. The summed E-state index contributed by atoms with van der Waals surface area (Å²) >= 11 is 0. The molecule has 8 nitrogen and oxygen atoms in total. The van der Waals surface area contributed by atoms with E-state index in [0.717, 1.165) is 11.3 Å². The van der Waals surface area contributed by atoms with Gasteiger partial charge in [-0.15, -0.1) is 0 Å². The quantitative estimate of drug-likeness (QED) is 0.675. The van der Waals surface area contributed by atoms with Crippen LogP contribution in [0.15, 0.2) is 36.4 Å². The second-order valence-electron chi connectivity index (χ2n) is 6.24. The van der Waals surface area contributed by atoms with Gasteiger partial charge in [0.15, 0.2) is 6.10 Å². The zero-order valence-electron chi connectivity index (χ0n) is 15.6. The molecule has 0 radical (unpaired) electrons. The van der Waals surface area contributed by atoms with Crippen molar-refractivity contribution in [2.24, 2.45) is 7.05 Å². The van der Waals surface area contributed by atoms with Crippen LogP contribution in [0.5, 0.6) is 0 Å². The van der Waals surface area contributed by atoms with Gasteiger partial charge in [0.05, 0.1) is 22.8 Å². The fraction of sp³-hybridized carbons (Fsp3) is 0.263. The minimum absolute atomic E-state index is 0.183. The highest BCUT2D eigenvalue weighted by Gasteiger charge is 2.22. The average Bonchev–Trinajstić information content (AvgIpc) is 3.23. The van der Waals surface area contributed by atoms with Crippen LogP contribution in [-0.2, 0) is 16.6 Å². The number of aromatic nitrogens is 4. The van der Waals surface area contributed by atoms with E-state index in [9.17, 15) is 9.59 Å². The van der Waals surface area contributed by atoms with Gasteiger partial charge in [-0.05, 0) is 26.8 Å². The van der Waals surface area contributed by atoms with Gasteiger partial charge in [-0.2, -0.15) is 10.2 Å². The number of aromatic amines is 1. The first kappa shape index (κ1) is 18.4. The van der Waals surface area contributed by atoms with E-state index in [1.54, 1.807) is 24.7 Å². The fourth-order valence-electron chi connectivity index (χ4n) is 2.64. The number of nitrogens with zero attached hydrogens (tertiary/aromatic N) is 3. The minimum Gasteiger partial charge on any atom is -0.448 e. The van der Waals surface area contributed by atoms with E-state index >= 15 is 0 Å². The topological polar surface area (TPSA) is 102 Å². The summed E-state index contributed by atoms with van der Waals surface area (Å²) in [6.45, 7) is 5.17. The highest BCUT2D eigenvalue weighted by molar-refractivity contribution is 5.97. The van der Waals surface area contributed by atoms with E-state index < -0.39 is 18.0 Å². The third-order valence-corrected chi connectivity index (χ3v) is 4.28. The van der Waals surface area contributed by atoms with Gasteiger partial charge in [0.2, 0.25) is 0 Å². The van der Waals surface area contributed by atoms with Gasteiger partial charge >= 0.3 is 5.97 Å². The van der Waals surface area contributed by atoms with E-state index in [1.165, 1.54) is 6.92 Å². The van der Waals surface area contributed by atoms with Crippen LogP contribution in [0.2, 0.25) is 0 Å². The molecule has 0 unspecified atom stereocenters. The maximum atomic E-state index is 12.4. The molecule has 0 saturated heterocycles. The lowest BCUT2D eigenvalue weighted by Crippen LogP contribution is -2.30. The Bertz CT molecular complexity index is 975. The molecule has 1 amide bonds. The number of anilines is 1. The first-order chi connectivity index (χ1) is 12.9. The van der Waals surface area contributed by atoms with Crippen LogP contribution in [-0.4, -0.2) is 38.0 Å². The first-order valence-electron chi connectivity index (χ1n) is 8.49. The summed E-state index contributed by atoms with van der Waals surface area (Å²) in [5.74, 6) is -1.07. The van der Waals surface area contributed by atoms with Crippen LogP contribution >= 0.6 is 0 Å². The monoisotopic (exact) mass is 367 g/mol. The smallest absolute Gasteiger partial charge is 0.357 e. The summed E-state index contributed by atoms with van der Waals surface area (Å²) in [5.41, 5.74) is 3.83. The third-order valence-electron chi connectivity index (χ3n) is 4.28. The van der Waals surface area contributed by atoms with Crippen LogP contribution in [0, 0.1) is 13.8 Å². The molecule has 3 aromatic rings. The predicted molar refractivity (Wildman–Crippen MR) is 100 cm³/mol. The average molecular weight is 367 g/mol. The Labute approximate surface area is 156 Å². The number of H-pyrrole nitrogens is 1.